The van der Waals surface area contributed by atoms with Crippen molar-refractivity contribution in [2.24, 2.45) is 0 Å². The molecule has 0 N–H and O–H groups in total. The molecule has 0 radical (unpaired) electrons. The molecule has 0 spiro atoms. The summed E-state index contributed by atoms with van der Waals surface area (Å²) >= 11 is 16.4. The zero-order valence-corrected chi connectivity index (χ0v) is 50.2. The molecule has 0 unspecified atom stereocenters. The van der Waals surface area contributed by atoms with Crippen LogP contribution in [-0.4, -0.2) is 37.9 Å². The summed E-state index contributed by atoms with van der Waals surface area (Å²) in [6, 6.07) is 23.5. The van der Waals surface area contributed by atoms with Crippen LogP contribution in [0.25, 0.3) is 0 Å². The predicted octanol–water partition coefficient (Wildman–Crippen LogP) is 20.0. The lowest BCUT2D eigenvalue weighted by molar-refractivity contribution is 0.304. The van der Waals surface area contributed by atoms with E-state index in [1.54, 1.807) is 0 Å². The van der Waals surface area contributed by atoms with Gasteiger partial charge in [-0.25, -0.2) is 0 Å². The van der Waals surface area contributed by atoms with E-state index < -0.39 is 0 Å². The van der Waals surface area contributed by atoms with Crippen LogP contribution in [0, 0.1) is 0 Å². The van der Waals surface area contributed by atoms with E-state index in [0.717, 1.165) is 60.2 Å². The number of benzene rings is 4. The number of unbranched alkanes of at least 4 members (excludes halogenated alkanes) is 6. The maximum Gasteiger partial charge on any atom is 0.126 e. The van der Waals surface area contributed by atoms with Gasteiger partial charge in [0.15, 0.2) is 0 Å². The first-order valence-electron chi connectivity index (χ1n) is 26.9. The molecule has 0 atom stereocenters. The highest BCUT2D eigenvalue weighted by Gasteiger charge is 2.32. The topological polar surface area (TPSA) is 36.9 Å². The van der Waals surface area contributed by atoms with Gasteiger partial charge in [0.05, 0.1) is 51.9 Å². The number of rotatable bonds is 24. The fraction of sp³-hybridized carbons (Fsp3) is 0.500. The molecule has 0 saturated heterocycles. The van der Waals surface area contributed by atoms with E-state index in [-0.39, 0.29) is 0 Å². The van der Waals surface area contributed by atoms with Gasteiger partial charge < -0.3 is 18.9 Å². The van der Waals surface area contributed by atoms with Gasteiger partial charge in [0.25, 0.3) is 0 Å². The average molecular weight is 1120 g/mol. The first-order chi connectivity index (χ1) is 35.4. The third-order valence-corrected chi connectivity index (χ3v) is 24.6. The van der Waals surface area contributed by atoms with E-state index in [1.165, 1.54) is 144 Å². The van der Waals surface area contributed by atoms with Crippen LogP contribution in [0.3, 0.4) is 0 Å². The molecule has 4 heterocycles. The number of fused-ring (bicyclic) bond motifs is 2. The summed E-state index contributed by atoms with van der Waals surface area (Å²) in [6.07, 6.45) is 16.9. The van der Waals surface area contributed by atoms with Crippen molar-refractivity contribution in [3.05, 3.63) is 142 Å². The molecule has 0 saturated carbocycles. The van der Waals surface area contributed by atoms with Gasteiger partial charge in [-0.3, -0.25) is 0 Å². The zero-order chi connectivity index (χ0) is 50.1. The number of para-hydroxylation sites is 2. The minimum Gasteiger partial charge on any atom is -0.493 e. The van der Waals surface area contributed by atoms with Crippen LogP contribution >= 0.6 is 94.1 Å². The molecule has 0 aromatic heterocycles. The molecule has 0 amide bonds. The molecule has 72 heavy (non-hydrogen) atoms. The Morgan fingerprint density at radius 3 is 1.03 bits per heavy atom. The molecular formula is C60H76O4S8. The summed E-state index contributed by atoms with van der Waals surface area (Å²) in [4.78, 5) is 0. The van der Waals surface area contributed by atoms with Crippen LogP contribution in [0.2, 0.25) is 0 Å². The predicted molar refractivity (Wildman–Crippen MR) is 327 cm³/mol. The van der Waals surface area contributed by atoms with Crippen molar-refractivity contribution < 1.29 is 18.9 Å². The molecular weight excluding hydrogens is 1040 g/mol. The third-order valence-electron chi connectivity index (χ3n) is 12.7. The van der Waals surface area contributed by atoms with Crippen LogP contribution in [-0.2, 0) is 37.2 Å². The van der Waals surface area contributed by atoms with Crippen LogP contribution in [0.4, 0.5) is 0 Å². The minimum absolute atomic E-state index is 0.658. The molecule has 9 rings (SSSR count). The van der Waals surface area contributed by atoms with Crippen molar-refractivity contribution in [1.82, 2.24) is 0 Å². The number of ether oxygens (including phenoxy) is 4. The van der Waals surface area contributed by atoms with E-state index >= 15 is 0 Å². The van der Waals surface area contributed by atoms with E-state index in [0.29, 0.717) is 52.1 Å². The first kappa shape index (κ1) is 56.3. The smallest absolute Gasteiger partial charge is 0.126 e. The summed E-state index contributed by atoms with van der Waals surface area (Å²) < 4.78 is 36.6. The number of hydrogen-bond acceptors (Lipinski definition) is 12. The maximum atomic E-state index is 6.97. The lowest BCUT2D eigenvalue weighted by Gasteiger charge is -2.24. The Bertz CT molecular complexity index is 2280. The molecule has 4 nitrogen and oxygen atoms in total. The van der Waals surface area contributed by atoms with Gasteiger partial charge in [0.1, 0.15) is 23.0 Å². The standard InChI is InChI=1S/C60H76O4S8/c1-7-13-15-17-29-65-55-57-67-39-41-31-47-35-43-21-19-23-45(51(43)61-25-9-3)37-49-33-42(40-68-58-56(66-30-18-16-14-8-2)70-60(72-58)59(69-55)71-57)34-50(54(49)64-28-12-6)38-46-24-20-22-44(52(46)62-26-10-4)36-48(32-41)53(47)63-27-11-5/h19-24,31-34H,7-18,25-30,35-40H2,1-6H3. The Kier molecular flexibility index (Phi) is 23.1. The number of thioether (sulfide) groups is 8. The fourth-order valence-electron chi connectivity index (χ4n) is 9.31. The summed E-state index contributed by atoms with van der Waals surface area (Å²) in [5, 5.41) is 0. The van der Waals surface area contributed by atoms with Crippen LogP contribution in [0.1, 0.15) is 174 Å². The maximum absolute atomic E-state index is 6.97. The summed E-state index contributed by atoms with van der Waals surface area (Å²) in [5.41, 5.74) is 12.4. The Morgan fingerprint density at radius 1 is 0.375 bits per heavy atom. The van der Waals surface area contributed by atoms with E-state index in [1.807, 2.05) is 70.6 Å². The Morgan fingerprint density at radius 2 is 0.708 bits per heavy atom. The van der Waals surface area contributed by atoms with Gasteiger partial charge >= 0.3 is 0 Å². The van der Waals surface area contributed by atoms with Crippen LogP contribution in [0.15, 0.2) is 86.1 Å². The average Bonchev–Trinajstić information content (AvgIpc) is 3.99. The van der Waals surface area contributed by atoms with Gasteiger partial charge in [-0.05, 0) is 106 Å². The van der Waals surface area contributed by atoms with E-state index in [9.17, 15) is 0 Å². The molecule has 0 fully saturated rings. The van der Waals surface area contributed by atoms with Crippen molar-refractivity contribution in [3.63, 3.8) is 0 Å². The minimum atomic E-state index is 0.658. The zero-order valence-electron chi connectivity index (χ0n) is 43.6. The molecule has 4 aromatic carbocycles. The Labute approximate surface area is 467 Å². The Hall–Kier alpha value is -1.90. The summed E-state index contributed by atoms with van der Waals surface area (Å²) in [5.74, 6) is 8.13. The quantitative estimate of drug-likeness (QED) is 0.0553. The molecule has 388 valence electrons. The first-order valence-corrected chi connectivity index (χ1v) is 34.1. The van der Waals surface area contributed by atoms with Crippen LogP contribution in [0.5, 0.6) is 23.0 Å². The fourth-order valence-corrected chi connectivity index (χ4v) is 21.3. The van der Waals surface area contributed by atoms with Gasteiger partial charge in [0, 0.05) is 37.2 Å². The highest BCUT2D eigenvalue weighted by molar-refractivity contribution is 8.45. The molecule has 1 aliphatic carbocycles. The van der Waals surface area contributed by atoms with E-state index in [4.69, 9.17) is 18.9 Å². The van der Waals surface area contributed by atoms with Crippen molar-refractivity contribution in [3.8, 4) is 23.0 Å². The SMILES string of the molecule is CCCCCCSC1=C2SCc3cc4c(OCCC)c(c3)Cc3cccc(c3OCCC)Cc3cc(cc(c3OCCC)Cc3cccc(c3OCCC)C4)CSC3=C(SCCCCCC)SC(=C(S1)S2)S3. The Balaban J connectivity index is 1.35. The number of hydrogen-bond donors (Lipinski definition) is 0. The normalized spacial score (nSPS) is 15.6. The van der Waals surface area contributed by atoms with Crippen molar-refractivity contribution in [2.45, 2.75) is 156 Å². The monoisotopic (exact) mass is 1120 g/mol. The second-order valence-electron chi connectivity index (χ2n) is 18.9. The largest absolute Gasteiger partial charge is 0.493 e. The molecule has 5 aliphatic rings. The molecule has 4 aliphatic heterocycles. The van der Waals surface area contributed by atoms with Gasteiger partial charge in [-0.2, -0.15) is 0 Å². The third kappa shape index (κ3) is 15.2. The molecule has 14 bridgehead atoms. The molecule has 4 aromatic rings. The molecule has 12 heteroatoms. The van der Waals surface area contributed by atoms with Crippen molar-refractivity contribution in [2.75, 3.05) is 37.9 Å². The highest BCUT2D eigenvalue weighted by atomic mass is 32.3. The lowest BCUT2D eigenvalue weighted by Crippen LogP contribution is -2.11. The van der Waals surface area contributed by atoms with Crippen LogP contribution < -0.4 is 18.9 Å². The summed E-state index contributed by atoms with van der Waals surface area (Å²) in [7, 11) is 0. The van der Waals surface area contributed by atoms with Crippen molar-refractivity contribution in [1.29, 1.82) is 0 Å². The summed E-state index contributed by atoms with van der Waals surface area (Å²) in [6.45, 7) is 16.1. The van der Waals surface area contributed by atoms with Crippen molar-refractivity contribution >= 4 is 94.1 Å². The second-order valence-corrected chi connectivity index (χ2v) is 28.7. The lowest BCUT2D eigenvalue weighted by atomic mass is 9.90. The second kappa shape index (κ2) is 29.6. The van der Waals surface area contributed by atoms with Gasteiger partial charge in [-0.15, -0.1) is 47.0 Å². The highest BCUT2D eigenvalue weighted by Crippen LogP contribution is 2.66. The van der Waals surface area contributed by atoms with Gasteiger partial charge in [-0.1, -0.05) is 188 Å². The van der Waals surface area contributed by atoms with Gasteiger partial charge in [0.2, 0.25) is 0 Å². The van der Waals surface area contributed by atoms with E-state index in [2.05, 4.69) is 126 Å².